The smallest absolute Gasteiger partial charge is 0.238 e. The molecular formula is C27H49N5O3. The van der Waals surface area contributed by atoms with E-state index >= 15 is 0 Å². The highest BCUT2D eigenvalue weighted by atomic mass is 16.5. The van der Waals surface area contributed by atoms with Gasteiger partial charge in [0.15, 0.2) is 5.82 Å². The van der Waals surface area contributed by atoms with Gasteiger partial charge in [-0.3, -0.25) is 4.90 Å². The van der Waals surface area contributed by atoms with Gasteiger partial charge in [0.05, 0.1) is 13.2 Å². The lowest BCUT2D eigenvalue weighted by molar-refractivity contribution is 0.0371. The van der Waals surface area contributed by atoms with E-state index in [0.29, 0.717) is 11.5 Å². The van der Waals surface area contributed by atoms with Gasteiger partial charge in [-0.1, -0.05) is 77.0 Å². The number of anilines is 1. The maximum absolute atomic E-state index is 10.2. The summed E-state index contributed by atoms with van der Waals surface area (Å²) in [5.41, 5.74) is 0.628. The largest absolute Gasteiger partial charge is 0.492 e. The minimum Gasteiger partial charge on any atom is -0.492 e. The highest BCUT2D eigenvalue weighted by Gasteiger charge is 2.29. The zero-order chi connectivity index (χ0) is 24.9. The van der Waals surface area contributed by atoms with Crippen LogP contribution >= 0.6 is 0 Å². The molecule has 3 rings (SSSR count). The Hall–Kier alpha value is -1.64. The van der Waals surface area contributed by atoms with Crippen molar-refractivity contribution in [3.8, 4) is 0 Å². The predicted octanol–water partition coefficient (Wildman–Crippen LogP) is 5.02. The predicted molar refractivity (Wildman–Crippen MR) is 142 cm³/mol. The first-order valence-electron chi connectivity index (χ1n) is 14.1. The summed E-state index contributed by atoms with van der Waals surface area (Å²) in [4.78, 5) is 12.6. The van der Waals surface area contributed by atoms with Gasteiger partial charge < -0.3 is 24.4 Å². The number of morpholine rings is 1. The summed E-state index contributed by atoms with van der Waals surface area (Å²) in [7, 11) is 1.74. The summed E-state index contributed by atoms with van der Waals surface area (Å²) in [5, 5.41) is 20.1. The van der Waals surface area contributed by atoms with Gasteiger partial charge in [-0.05, 0) is 26.3 Å². The number of rotatable bonds is 17. The monoisotopic (exact) mass is 491 g/mol. The lowest BCUT2D eigenvalue weighted by atomic mass is 10.0. The minimum atomic E-state index is -1.07. The first-order valence-corrected chi connectivity index (χ1v) is 14.1. The van der Waals surface area contributed by atoms with Crippen LogP contribution in [0.5, 0.6) is 0 Å². The summed E-state index contributed by atoms with van der Waals surface area (Å²) < 4.78 is 7.43. The topological polar surface area (TPSA) is 86.3 Å². The van der Waals surface area contributed by atoms with Crippen LogP contribution in [0.2, 0.25) is 0 Å². The fourth-order valence-electron chi connectivity index (χ4n) is 5.21. The average molecular weight is 492 g/mol. The van der Waals surface area contributed by atoms with Gasteiger partial charge in [0.2, 0.25) is 12.2 Å². The third kappa shape index (κ3) is 9.07. The zero-order valence-corrected chi connectivity index (χ0v) is 22.3. The Morgan fingerprint density at radius 1 is 0.800 bits per heavy atom. The van der Waals surface area contributed by atoms with E-state index in [4.69, 9.17) is 4.74 Å². The van der Waals surface area contributed by atoms with Crippen molar-refractivity contribution >= 4 is 11.7 Å². The van der Waals surface area contributed by atoms with Crippen LogP contribution in [0.3, 0.4) is 0 Å². The molecule has 1 atom stereocenters. The van der Waals surface area contributed by atoms with E-state index < -0.39 is 6.35 Å². The van der Waals surface area contributed by atoms with Gasteiger partial charge in [-0.15, -0.1) is 0 Å². The molecule has 0 saturated carbocycles. The van der Waals surface area contributed by atoms with Crippen molar-refractivity contribution in [2.75, 3.05) is 44.8 Å². The second kappa shape index (κ2) is 15.5. The van der Waals surface area contributed by atoms with Crippen LogP contribution in [-0.2, 0) is 11.3 Å². The van der Waals surface area contributed by atoms with Crippen LogP contribution in [0.25, 0.3) is 0 Å². The Morgan fingerprint density at radius 3 is 1.83 bits per heavy atom. The van der Waals surface area contributed by atoms with Crippen LogP contribution in [0.4, 0.5) is 5.82 Å². The van der Waals surface area contributed by atoms with E-state index in [-0.39, 0.29) is 5.90 Å². The van der Waals surface area contributed by atoms with Gasteiger partial charge in [0.25, 0.3) is 0 Å². The lowest BCUT2D eigenvalue weighted by Crippen LogP contribution is -2.36. The number of hydrogen-bond acceptors (Lipinski definition) is 6. The summed E-state index contributed by atoms with van der Waals surface area (Å²) in [5.74, 6) is 1.34. The SMILES string of the molecule is Cc1nc2c(n1CCCCCCCCCCCCCCCCN1CCOCC1)C(O)=NC(O)N2C. The average Bonchev–Trinajstić information content (AvgIpc) is 3.19. The van der Waals surface area contributed by atoms with E-state index in [2.05, 4.69) is 14.9 Å². The molecule has 3 heterocycles. The first-order chi connectivity index (χ1) is 17.1. The summed E-state index contributed by atoms with van der Waals surface area (Å²) in [6.07, 6.45) is 17.6. The Kier molecular flexibility index (Phi) is 12.3. The molecule has 1 fully saturated rings. The maximum Gasteiger partial charge on any atom is 0.238 e. The molecule has 0 spiro atoms. The molecule has 1 saturated heterocycles. The molecule has 0 amide bonds. The van der Waals surface area contributed by atoms with Crippen LogP contribution in [0.1, 0.15) is 101 Å². The van der Waals surface area contributed by atoms with Gasteiger partial charge in [0.1, 0.15) is 11.5 Å². The van der Waals surface area contributed by atoms with E-state index in [1.54, 1.807) is 11.9 Å². The molecule has 2 aliphatic rings. The summed E-state index contributed by atoms with van der Waals surface area (Å²) >= 11 is 0. The van der Waals surface area contributed by atoms with Crippen LogP contribution in [-0.4, -0.2) is 76.8 Å². The highest BCUT2D eigenvalue weighted by molar-refractivity contribution is 5.97. The standard InChI is InChI=1S/C27H49N5O3/c1-23-28-25-24(26(33)29-27(34)30(25)2)32(23)18-16-14-12-10-8-6-4-3-5-7-9-11-13-15-17-31-19-21-35-22-20-31/h27,34H,3-22H2,1-2H3,(H,29,33). The maximum atomic E-state index is 10.2. The third-order valence-electron chi connectivity index (χ3n) is 7.48. The fourth-order valence-corrected chi connectivity index (χ4v) is 5.21. The van der Waals surface area contributed by atoms with Crippen molar-refractivity contribution in [1.29, 1.82) is 0 Å². The third-order valence-corrected chi connectivity index (χ3v) is 7.48. The number of fused-ring (bicyclic) bond motifs is 1. The van der Waals surface area contributed by atoms with Crippen molar-refractivity contribution in [3.63, 3.8) is 0 Å². The molecule has 1 aromatic rings. The van der Waals surface area contributed by atoms with Crippen molar-refractivity contribution in [2.45, 2.75) is 110 Å². The fraction of sp³-hybridized carbons (Fsp3) is 0.852. The number of nitrogens with zero attached hydrogens (tertiary/aromatic N) is 5. The number of unbranched alkanes of at least 4 members (excludes halogenated alkanes) is 13. The highest BCUT2D eigenvalue weighted by Crippen LogP contribution is 2.27. The number of imidazole rings is 1. The van der Waals surface area contributed by atoms with Gasteiger partial charge in [-0.25, -0.2) is 4.98 Å². The minimum absolute atomic E-state index is 0.116. The van der Waals surface area contributed by atoms with Crippen LogP contribution in [0, 0.1) is 6.92 Å². The van der Waals surface area contributed by atoms with Gasteiger partial charge in [0, 0.05) is 26.7 Å². The number of aromatic nitrogens is 2. The second-order valence-corrected chi connectivity index (χ2v) is 10.3. The normalized spacial score (nSPS) is 18.7. The zero-order valence-electron chi connectivity index (χ0n) is 22.3. The molecule has 2 aliphatic heterocycles. The molecule has 35 heavy (non-hydrogen) atoms. The number of aryl methyl sites for hydroxylation is 1. The molecule has 1 aromatic heterocycles. The van der Waals surface area contributed by atoms with Crippen molar-refractivity contribution in [3.05, 3.63) is 11.5 Å². The van der Waals surface area contributed by atoms with E-state index in [1.807, 2.05) is 11.5 Å². The Morgan fingerprint density at radius 2 is 1.29 bits per heavy atom. The molecular weight excluding hydrogens is 442 g/mol. The molecule has 2 N–H and O–H groups in total. The van der Waals surface area contributed by atoms with Crippen LogP contribution in [0.15, 0.2) is 4.99 Å². The second-order valence-electron chi connectivity index (χ2n) is 10.3. The molecule has 0 radical (unpaired) electrons. The molecule has 1 unspecified atom stereocenters. The first kappa shape index (κ1) is 27.9. The van der Waals surface area contributed by atoms with Crippen molar-refractivity contribution in [1.82, 2.24) is 14.5 Å². The van der Waals surface area contributed by atoms with E-state index in [1.165, 1.54) is 90.0 Å². The van der Waals surface area contributed by atoms with Crippen LogP contribution < -0.4 is 4.90 Å². The molecule has 0 aliphatic carbocycles. The molecule has 8 nitrogen and oxygen atoms in total. The Bertz CT molecular complexity index is 760. The van der Waals surface area contributed by atoms with Gasteiger partial charge in [-0.2, -0.15) is 4.99 Å². The number of aliphatic hydroxyl groups is 2. The Balaban J connectivity index is 1.11. The van der Waals surface area contributed by atoms with E-state index in [0.717, 1.165) is 45.1 Å². The summed E-state index contributed by atoms with van der Waals surface area (Å²) in [6, 6.07) is 0. The van der Waals surface area contributed by atoms with Gasteiger partial charge >= 0.3 is 0 Å². The quantitative estimate of drug-likeness (QED) is 0.298. The van der Waals surface area contributed by atoms with E-state index in [9.17, 15) is 10.2 Å². The number of ether oxygens (including phenoxy) is 1. The summed E-state index contributed by atoms with van der Waals surface area (Å²) in [6.45, 7) is 8.11. The molecule has 0 aromatic carbocycles. The Labute approximate surface area is 212 Å². The lowest BCUT2D eigenvalue weighted by Gasteiger charge is -2.26. The number of aliphatic imine (C=N–C) groups is 1. The number of hydrogen-bond donors (Lipinski definition) is 2. The molecule has 8 heteroatoms. The molecule has 200 valence electrons. The van der Waals surface area contributed by atoms with Crippen molar-refractivity contribution < 1.29 is 14.9 Å². The molecule has 0 bridgehead atoms. The number of aliphatic hydroxyl groups excluding tert-OH is 2. The van der Waals surface area contributed by atoms with Crippen molar-refractivity contribution in [2.24, 2.45) is 4.99 Å².